The topological polar surface area (TPSA) is 105 Å². The Morgan fingerprint density at radius 3 is 2.70 bits per heavy atom. The van der Waals surface area contributed by atoms with Gasteiger partial charge in [0.1, 0.15) is 0 Å². The number of hydrogen-bond donors (Lipinski definition) is 0. The SMILES string of the molecule is O=C(On1ccc2c(-n3cc(-c4cccc([N+](=O)[O-])c4)cn3)ccnc21)C(F)(F)F. The van der Waals surface area contributed by atoms with Gasteiger partial charge in [0.15, 0.2) is 5.65 Å². The van der Waals surface area contributed by atoms with Gasteiger partial charge < -0.3 is 4.84 Å². The van der Waals surface area contributed by atoms with Gasteiger partial charge >= 0.3 is 12.1 Å². The van der Waals surface area contributed by atoms with Gasteiger partial charge in [-0.1, -0.05) is 12.1 Å². The molecule has 0 N–H and O–H groups in total. The zero-order chi connectivity index (χ0) is 21.5. The summed E-state index contributed by atoms with van der Waals surface area (Å²) < 4.78 is 39.5. The Morgan fingerprint density at radius 2 is 1.97 bits per heavy atom. The quantitative estimate of drug-likeness (QED) is 0.373. The van der Waals surface area contributed by atoms with Gasteiger partial charge in [0, 0.05) is 41.7 Å². The number of hydrogen-bond acceptors (Lipinski definition) is 6. The highest BCUT2D eigenvalue weighted by Gasteiger charge is 2.42. The van der Waals surface area contributed by atoms with E-state index in [1.807, 2.05) is 0 Å². The summed E-state index contributed by atoms with van der Waals surface area (Å²) in [4.78, 5) is 29.9. The normalized spacial score (nSPS) is 11.6. The van der Waals surface area contributed by atoms with Crippen molar-refractivity contribution in [2.45, 2.75) is 6.18 Å². The molecular formula is C18H10F3N5O4. The maximum absolute atomic E-state index is 12.5. The van der Waals surface area contributed by atoms with E-state index in [1.165, 1.54) is 35.3 Å². The predicted octanol–water partition coefficient (Wildman–Crippen LogP) is 3.31. The van der Waals surface area contributed by atoms with Crippen LogP contribution in [-0.2, 0) is 4.79 Å². The molecule has 0 aliphatic heterocycles. The van der Waals surface area contributed by atoms with Crippen LogP contribution in [0.3, 0.4) is 0 Å². The first-order valence-corrected chi connectivity index (χ1v) is 8.29. The number of benzene rings is 1. The van der Waals surface area contributed by atoms with Crippen LogP contribution in [0.15, 0.2) is 61.2 Å². The molecule has 152 valence electrons. The molecule has 0 radical (unpaired) electrons. The molecule has 12 heteroatoms. The number of nitro benzene ring substituents is 1. The van der Waals surface area contributed by atoms with Crippen LogP contribution in [0.2, 0.25) is 0 Å². The summed E-state index contributed by atoms with van der Waals surface area (Å²) in [5.41, 5.74) is 1.52. The Hall–Kier alpha value is -4.22. The highest BCUT2D eigenvalue weighted by atomic mass is 19.4. The van der Waals surface area contributed by atoms with Crippen molar-refractivity contribution in [3.05, 3.63) is 71.3 Å². The van der Waals surface area contributed by atoms with Crippen LogP contribution >= 0.6 is 0 Å². The van der Waals surface area contributed by atoms with E-state index >= 15 is 0 Å². The molecule has 0 saturated carbocycles. The highest BCUT2D eigenvalue weighted by Crippen LogP contribution is 2.27. The summed E-state index contributed by atoms with van der Waals surface area (Å²) in [6.07, 6.45) is 0.405. The van der Waals surface area contributed by atoms with Gasteiger partial charge in [0.25, 0.3) is 5.69 Å². The molecule has 0 saturated heterocycles. The number of alkyl halides is 3. The zero-order valence-electron chi connectivity index (χ0n) is 14.8. The number of fused-ring (bicyclic) bond motifs is 1. The Kier molecular flexibility index (Phi) is 4.45. The minimum Gasteiger partial charge on any atom is -0.326 e. The first-order valence-electron chi connectivity index (χ1n) is 8.29. The van der Waals surface area contributed by atoms with Gasteiger partial charge in [0.2, 0.25) is 0 Å². The van der Waals surface area contributed by atoms with Gasteiger partial charge in [-0.05, 0) is 17.7 Å². The number of aromatic nitrogens is 4. The molecule has 0 atom stereocenters. The van der Waals surface area contributed by atoms with E-state index in [9.17, 15) is 28.1 Å². The molecule has 0 spiro atoms. The van der Waals surface area contributed by atoms with E-state index in [0.717, 1.165) is 6.20 Å². The predicted molar refractivity (Wildman–Crippen MR) is 96.6 cm³/mol. The minimum atomic E-state index is -5.15. The number of carbonyl (C=O) groups excluding carboxylic acids is 1. The average molecular weight is 417 g/mol. The number of rotatable bonds is 4. The third-order valence-electron chi connectivity index (χ3n) is 4.16. The van der Waals surface area contributed by atoms with Crippen molar-refractivity contribution >= 4 is 22.7 Å². The summed E-state index contributed by atoms with van der Waals surface area (Å²) >= 11 is 0. The molecule has 0 amide bonds. The standard InChI is InChI=1S/C18H10F3N5O4/c19-18(20,21)17(27)30-25-7-5-14-15(4-6-22-16(14)25)24-10-12(9-23-24)11-2-1-3-13(8-11)26(28)29/h1-10H. The lowest BCUT2D eigenvalue weighted by molar-refractivity contribution is -0.384. The van der Waals surface area contributed by atoms with Crippen molar-refractivity contribution in [1.29, 1.82) is 0 Å². The monoisotopic (exact) mass is 417 g/mol. The van der Waals surface area contributed by atoms with Crippen LogP contribution in [0.4, 0.5) is 18.9 Å². The fourth-order valence-electron chi connectivity index (χ4n) is 2.82. The van der Waals surface area contributed by atoms with E-state index in [-0.39, 0.29) is 11.3 Å². The lowest BCUT2D eigenvalue weighted by Crippen LogP contribution is -2.33. The third kappa shape index (κ3) is 3.45. The van der Waals surface area contributed by atoms with Gasteiger partial charge in [-0.25, -0.2) is 14.5 Å². The van der Waals surface area contributed by atoms with E-state index in [2.05, 4.69) is 14.9 Å². The molecule has 1 aromatic carbocycles. The first-order chi connectivity index (χ1) is 14.2. The van der Waals surface area contributed by atoms with E-state index < -0.39 is 17.1 Å². The molecule has 4 rings (SSSR count). The second kappa shape index (κ2) is 6.99. The molecule has 3 aromatic heterocycles. The fraction of sp³-hybridized carbons (Fsp3) is 0.0556. The van der Waals surface area contributed by atoms with E-state index in [0.29, 0.717) is 26.9 Å². The number of pyridine rings is 1. The number of carbonyl (C=O) groups is 1. The maximum Gasteiger partial charge on any atom is 0.493 e. The zero-order valence-corrected chi connectivity index (χ0v) is 14.8. The summed E-state index contributed by atoms with van der Waals surface area (Å²) in [6, 6.07) is 8.99. The largest absolute Gasteiger partial charge is 0.493 e. The minimum absolute atomic E-state index is 0.0162. The molecule has 0 aliphatic carbocycles. The number of non-ortho nitro benzene ring substituents is 1. The van der Waals surface area contributed by atoms with Crippen molar-refractivity contribution in [3.8, 4) is 16.8 Å². The molecule has 4 aromatic rings. The Balaban J connectivity index is 1.71. The molecule has 3 heterocycles. The second-order valence-corrected chi connectivity index (χ2v) is 6.07. The summed E-state index contributed by atoms with van der Waals surface area (Å²) in [7, 11) is 0. The van der Waals surface area contributed by atoms with E-state index in [1.54, 1.807) is 24.4 Å². The van der Waals surface area contributed by atoms with Crippen LogP contribution in [0, 0.1) is 10.1 Å². The molecule has 0 unspecified atom stereocenters. The van der Waals surface area contributed by atoms with E-state index in [4.69, 9.17) is 0 Å². The van der Waals surface area contributed by atoms with Gasteiger partial charge in [-0.15, -0.1) is 0 Å². The smallest absolute Gasteiger partial charge is 0.326 e. The number of halogens is 3. The van der Waals surface area contributed by atoms with Gasteiger partial charge in [-0.3, -0.25) is 10.1 Å². The van der Waals surface area contributed by atoms with Crippen molar-refractivity contribution in [2.75, 3.05) is 0 Å². The highest BCUT2D eigenvalue weighted by molar-refractivity contribution is 5.86. The molecule has 0 aliphatic rings. The van der Waals surface area contributed by atoms with Crippen molar-refractivity contribution in [2.24, 2.45) is 0 Å². The van der Waals surface area contributed by atoms with Crippen LogP contribution in [-0.4, -0.2) is 36.6 Å². The lowest BCUT2D eigenvalue weighted by Gasteiger charge is -2.08. The van der Waals surface area contributed by atoms with Crippen LogP contribution in [0.25, 0.3) is 27.8 Å². The van der Waals surface area contributed by atoms with Crippen molar-refractivity contribution in [3.63, 3.8) is 0 Å². The second-order valence-electron chi connectivity index (χ2n) is 6.07. The molecule has 30 heavy (non-hydrogen) atoms. The maximum atomic E-state index is 12.5. The number of nitrogens with zero attached hydrogens (tertiary/aromatic N) is 5. The third-order valence-corrected chi connectivity index (χ3v) is 4.16. The molecule has 0 fully saturated rings. The summed E-state index contributed by atoms with van der Waals surface area (Å²) in [5.74, 6) is -2.38. The van der Waals surface area contributed by atoms with Crippen molar-refractivity contribution < 1.29 is 27.7 Å². The first kappa shape index (κ1) is 19.1. The molecule has 0 bridgehead atoms. The van der Waals surface area contributed by atoms with Crippen LogP contribution in [0.1, 0.15) is 0 Å². The van der Waals surface area contributed by atoms with Gasteiger partial charge in [0.05, 0.1) is 16.8 Å². The molecule has 9 nitrogen and oxygen atoms in total. The molecular weight excluding hydrogens is 407 g/mol. The fourth-order valence-corrected chi connectivity index (χ4v) is 2.82. The van der Waals surface area contributed by atoms with Gasteiger partial charge in [-0.2, -0.15) is 23.0 Å². The Labute approximate surface area is 165 Å². The van der Waals surface area contributed by atoms with Crippen LogP contribution in [0.5, 0.6) is 0 Å². The summed E-state index contributed by atoms with van der Waals surface area (Å²) in [6.45, 7) is 0. The lowest BCUT2D eigenvalue weighted by atomic mass is 10.1. The Morgan fingerprint density at radius 1 is 1.17 bits per heavy atom. The van der Waals surface area contributed by atoms with Crippen molar-refractivity contribution in [1.82, 2.24) is 19.5 Å². The Bertz CT molecular complexity index is 1280. The number of nitro groups is 1. The van der Waals surface area contributed by atoms with Crippen LogP contribution < -0.4 is 4.84 Å². The summed E-state index contributed by atoms with van der Waals surface area (Å²) in [5, 5.41) is 15.6. The average Bonchev–Trinajstić information content (AvgIpc) is 3.35.